The first-order valence-electron chi connectivity index (χ1n) is 18.9. The highest BCUT2D eigenvalue weighted by Crippen LogP contribution is 2.41. The van der Waals surface area contributed by atoms with Crippen LogP contribution >= 0.6 is 11.6 Å². The molecule has 0 aromatic heterocycles. The van der Waals surface area contributed by atoms with E-state index >= 15 is 0 Å². The van der Waals surface area contributed by atoms with E-state index < -0.39 is 52.4 Å². The number of terminal acetylenes is 1. The third-order valence-corrected chi connectivity index (χ3v) is 11.5. The maximum Gasteiger partial charge on any atom is 0.246 e. The molecule has 2 saturated carbocycles. The fourth-order valence-corrected chi connectivity index (χ4v) is 8.36. The summed E-state index contributed by atoms with van der Waals surface area (Å²) in [6.07, 6.45) is 14.7. The van der Waals surface area contributed by atoms with Gasteiger partial charge in [0.1, 0.15) is 6.04 Å². The average Bonchev–Trinajstić information content (AvgIpc) is 3.69. The van der Waals surface area contributed by atoms with Gasteiger partial charge < -0.3 is 15.1 Å². The number of nitrogens with one attached hydrogen (secondary N) is 1. The second-order valence-electron chi connectivity index (χ2n) is 16.5. The van der Waals surface area contributed by atoms with Crippen molar-refractivity contribution in [1.82, 2.24) is 10.2 Å². The monoisotopic (exact) mass is 719 g/mol. The van der Waals surface area contributed by atoms with Gasteiger partial charge in [0.2, 0.25) is 17.6 Å². The number of hydrogen-bond donors (Lipinski definition) is 1. The van der Waals surface area contributed by atoms with Crippen LogP contribution in [-0.4, -0.2) is 64.0 Å². The molecule has 2 heterocycles. The Bertz CT molecular complexity index is 1570. The first-order chi connectivity index (χ1) is 24.2. The van der Waals surface area contributed by atoms with Gasteiger partial charge in [-0.1, -0.05) is 82.3 Å². The maximum absolute atomic E-state index is 14.8. The van der Waals surface area contributed by atoms with E-state index in [0.717, 1.165) is 50.5 Å². The van der Waals surface area contributed by atoms with E-state index in [9.17, 15) is 24.0 Å². The number of benzene rings is 1. The van der Waals surface area contributed by atoms with Crippen LogP contribution < -0.4 is 5.32 Å². The first kappa shape index (κ1) is 38.7. The number of carbonyl (C=O) groups excluding carboxylic acids is 5. The number of nitrogens with zero attached hydrogens (tertiary/aromatic N) is 2. The van der Waals surface area contributed by atoms with Crippen molar-refractivity contribution in [3.63, 3.8) is 0 Å². The van der Waals surface area contributed by atoms with E-state index in [-0.39, 0.29) is 49.3 Å². The van der Waals surface area contributed by atoms with Gasteiger partial charge in [0, 0.05) is 48.6 Å². The Balaban J connectivity index is 1.41. The van der Waals surface area contributed by atoms with Gasteiger partial charge in [-0.25, -0.2) is 0 Å². The van der Waals surface area contributed by atoms with E-state index in [1.165, 1.54) is 4.90 Å². The van der Waals surface area contributed by atoms with Gasteiger partial charge in [0.15, 0.2) is 17.2 Å². The SMILES string of the molecule is C#CC[C@H](C(=O)N[C@H](C(=O)N1C[C@@]2(CC(c3cccc(Cl)c3)=NO2)C[C@H]1C(=O)C[C@@H](CCC)C(=O)C(=O)CC1CC1)C(C)(C)C)C1CCCCC1. The standard InChI is InChI=1S/C41H54ClN3O6/c1-6-12-29(36(48)35(47)20-26-18-19-26)22-34(46)33-24-41(23-32(44-51-41)28-16-11-17-30(42)21-28)25-45(33)39(50)37(40(3,4)5)43-38(49)31(13-7-2)27-14-9-8-10-15-27/h2,11,16-17,21,26-27,29,31,33,37H,6,8-10,12-15,18-20,22-25H2,1,3-5H3,(H,43,49)/t29-,31+,33+,37-,41-/m1/s1. The molecule has 0 bridgehead atoms. The summed E-state index contributed by atoms with van der Waals surface area (Å²) in [7, 11) is 0. The summed E-state index contributed by atoms with van der Waals surface area (Å²) in [4.78, 5) is 77.0. The van der Waals surface area contributed by atoms with Crippen LogP contribution in [0.4, 0.5) is 0 Å². The highest BCUT2D eigenvalue weighted by atomic mass is 35.5. The van der Waals surface area contributed by atoms with Crippen molar-refractivity contribution in [2.24, 2.45) is 34.2 Å². The molecule has 51 heavy (non-hydrogen) atoms. The van der Waals surface area contributed by atoms with E-state index in [4.69, 9.17) is 22.9 Å². The Morgan fingerprint density at radius 2 is 1.84 bits per heavy atom. The molecular formula is C41H54ClN3O6. The number of halogens is 1. The number of oxime groups is 1. The molecule has 3 fully saturated rings. The molecule has 5 rings (SSSR count). The summed E-state index contributed by atoms with van der Waals surface area (Å²) in [5.41, 5.74) is -0.247. The zero-order chi connectivity index (χ0) is 36.9. The van der Waals surface area contributed by atoms with Gasteiger partial charge in [-0.15, -0.1) is 12.3 Å². The molecule has 1 aromatic rings. The molecule has 10 heteroatoms. The molecule has 0 unspecified atom stereocenters. The van der Waals surface area contributed by atoms with Crippen LogP contribution in [-0.2, 0) is 28.8 Å². The number of carbonyl (C=O) groups is 5. The van der Waals surface area contributed by atoms with Gasteiger partial charge in [-0.2, -0.15) is 0 Å². The lowest BCUT2D eigenvalue weighted by molar-refractivity contribution is -0.145. The van der Waals surface area contributed by atoms with Gasteiger partial charge in [0.25, 0.3) is 0 Å². The van der Waals surface area contributed by atoms with Crippen LogP contribution in [0.2, 0.25) is 5.02 Å². The summed E-state index contributed by atoms with van der Waals surface area (Å²) in [6, 6.07) is 5.40. The molecular weight excluding hydrogens is 666 g/mol. The summed E-state index contributed by atoms with van der Waals surface area (Å²) < 4.78 is 0. The van der Waals surface area contributed by atoms with Crippen LogP contribution in [0, 0.1) is 41.4 Å². The predicted molar refractivity (Wildman–Crippen MR) is 197 cm³/mol. The van der Waals surface area contributed by atoms with Crippen molar-refractivity contribution < 1.29 is 28.8 Å². The predicted octanol–water partition coefficient (Wildman–Crippen LogP) is 6.87. The molecule has 5 atom stereocenters. The van der Waals surface area contributed by atoms with Gasteiger partial charge in [-0.05, 0) is 61.5 Å². The minimum absolute atomic E-state index is 0.0711. The van der Waals surface area contributed by atoms with Crippen LogP contribution in [0.5, 0.6) is 0 Å². The van der Waals surface area contributed by atoms with Crippen molar-refractivity contribution in [3.05, 3.63) is 34.9 Å². The molecule has 1 aromatic carbocycles. The topological polar surface area (TPSA) is 122 Å². The van der Waals surface area contributed by atoms with E-state index in [1.807, 2.05) is 39.8 Å². The van der Waals surface area contributed by atoms with E-state index in [0.29, 0.717) is 36.4 Å². The Labute approximate surface area is 308 Å². The molecule has 1 saturated heterocycles. The Hall–Kier alpha value is -3.51. The molecule has 9 nitrogen and oxygen atoms in total. The van der Waals surface area contributed by atoms with Crippen molar-refractivity contribution in [1.29, 1.82) is 0 Å². The molecule has 2 aliphatic carbocycles. The highest BCUT2D eigenvalue weighted by Gasteiger charge is 2.55. The molecule has 1 N–H and O–H groups in total. The third kappa shape index (κ3) is 9.49. The molecule has 276 valence electrons. The molecule has 4 aliphatic rings. The van der Waals surface area contributed by atoms with Gasteiger partial charge >= 0.3 is 0 Å². The zero-order valence-corrected chi connectivity index (χ0v) is 31.4. The molecule has 2 aliphatic heterocycles. The van der Waals surface area contributed by atoms with Crippen molar-refractivity contribution in [2.75, 3.05) is 6.54 Å². The highest BCUT2D eigenvalue weighted by molar-refractivity contribution is 6.38. The van der Waals surface area contributed by atoms with Crippen molar-refractivity contribution in [3.8, 4) is 12.3 Å². The number of ketones is 3. The number of rotatable bonds is 15. The first-order valence-corrected chi connectivity index (χ1v) is 19.3. The maximum atomic E-state index is 14.8. The minimum Gasteiger partial charge on any atom is -0.387 e. The van der Waals surface area contributed by atoms with Gasteiger partial charge in [-0.3, -0.25) is 24.0 Å². The summed E-state index contributed by atoms with van der Waals surface area (Å²) in [5, 5.41) is 8.05. The van der Waals surface area contributed by atoms with Crippen molar-refractivity contribution in [2.45, 2.75) is 135 Å². The zero-order valence-electron chi connectivity index (χ0n) is 30.7. The molecule has 1 spiro atoms. The Kier molecular flexibility index (Phi) is 12.5. The normalized spacial score (nSPS) is 23.9. The van der Waals surface area contributed by atoms with Crippen LogP contribution in [0.1, 0.15) is 123 Å². The van der Waals surface area contributed by atoms with E-state index in [1.54, 1.807) is 12.1 Å². The number of amides is 2. The van der Waals surface area contributed by atoms with E-state index in [2.05, 4.69) is 16.4 Å². The number of Topliss-reactive ketones (excluding diaryl/α,β-unsaturated/α-hetero) is 3. The lowest BCUT2D eigenvalue weighted by atomic mass is 9.77. The van der Waals surface area contributed by atoms with Crippen molar-refractivity contribution >= 4 is 46.5 Å². The largest absolute Gasteiger partial charge is 0.387 e. The summed E-state index contributed by atoms with van der Waals surface area (Å²) >= 11 is 6.28. The average molecular weight is 720 g/mol. The lowest BCUT2D eigenvalue weighted by Crippen LogP contribution is -2.58. The second kappa shape index (κ2) is 16.4. The summed E-state index contributed by atoms with van der Waals surface area (Å²) in [6.45, 7) is 7.67. The smallest absolute Gasteiger partial charge is 0.246 e. The van der Waals surface area contributed by atoms with Crippen LogP contribution in [0.15, 0.2) is 29.4 Å². The number of likely N-dealkylation sites (tertiary alicyclic amines) is 1. The molecule has 0 radical (unpaired) electrons. The lowest BCUT2D eigenvalue weighted by Gasteiger charge is -2.37. The van der Waals surface area contributed by atoms with Crippen LogP contribution in [0.25, 0.3) is 0 Å². The fourth-order valence-electron chi connectivity index (χ4n) is 8.17. The fraction of sp³-hybridized carbons (Fsp3) is 0.659. The summed E-state index contributed by atoms with van der Waals surface area (Å²) in [5.74, 6) is 0.123. The number of hydrogen-bond acceptors (Lipinski definition) is 7. The minimum atomic E-state index is -0.986. The molecule has 2 amide bonds. The Morgan fingerprint density at radius 1 is 1.12 bits per heavy atom. The van der Waals surface area contributed by atoms with Crippen LogP contribution in [0.3, 0.4) is 0 Å². The second-order valence-corrected chi connectivity index (χ2v) is 16.9. The quantitative estimate of drug-likeness (QED) is 0.156. The van der Waals surface area contributed by atoms with Gasteiger partial charge in [0.05, 0.1) is 24.2 Å². The Morgan fingerprint density at radius 3 is 2.47 bits per heavy atom. The third-order valence-electron chi connectivity index (χ3n) is 11.2.